The summed E-state index contributed by atoms with van der Waals surface area (Å²) >= 11 is 0. The molecule has 1 heterocycles. The summed E-state index contributed by atoms with van der Waals surface area (Å²) in [6.45, 7) is 8.65. The van der Waals surface area contributed by atoms with Crippen molar-refractivity contribution in [3.63, 3.8) is 0 Å². The minimum Gasteiger partial charge on any atom is -0.493 e. The van der Waals surface area contributed by atoms with E-state index in [0.29, 0.717) is 6.04 Å². The van der Waals surface area contributed by atoms with Crippen LogP contribution in [0.4, 0.5) is 0 Å². The van der Waals surface area contributed by atoms with Crippen LogP contribution in [0.15, 0.2) is 18.2 Å². The normalized spacial score (nSPS) is 17.3. The Balaban J connectivity index is 1.92. The minimum atomic E-state index is 0.0649. The third-order valence-electron chi connectivity index (χ3n) is 4.53. The van der Waals surface area contributed by atoms with E-state index in [-0.39, 0.29) is 12.0 Å². The lowest BCUT2D eigenvalue weighted by atomic mass is 10.0. The first kappa shape index (κ1) is 18.6. The second kappa shape index (κ2) is 8.92. The number of carbonyl (C=O) groups is 1. The van der Waals surface area contributed by atoms with Crippen LogP contribution in [0.1, 0.15) is 45.6 Å². The maximum atomic E-state index is 11.1. The van der Waals surface area contributed by atoms with Gasteiger partial charge < -0.3 is 14.8 Å². The van der Waals surface area contributed by atoms with Gasteiger partial charge in [0.1, 0.15) is 0 Å². The van der Waals surface area contributed by atoms with Crippen molar-refractivity contribution in [2.24, 2.45) is 0 Å². The molecule has 0 aromatic heterocycles. The van der Waals surface area contributed by atoms with E-state index < -0.39 is 0 Å². The van der Waals surface area contributed by atoms with E-state index >= 15 is 0 Å². The molecule has 0 spiro atoms. The molecule has 0 radical (unpaired) electrons. The number of carbonyl (C=O) groups excluding carboxylic acids is 1. The topological polar surface area (TPSA) is 50.8 Å². The fraction of sp³-hybridized carbons (Fsp3) is 0.632. The standard InChI is InChI=1S/C19H30N2O3/c1-5-14(2)24-18-7-6-16(12-19(18)23-4)13-21-10-8-17(9-11-21)20-15(3)22/h6-7,12,14,17H,5,8-11,13H2,1-4H3,(H,20,22). The number of hydrogen-bond donors (Lipinski definition) is 1. The van der Waals surface area contributed by atoms with Crippen LogP contribution < -0.4 is 14.8 Å². The third kappa shape index (κ3) is 5.41. The van der Waals surface area contributed by atoms with Crippen LogP contribution in [0.2, 0.25) is 0 Å². The van der Waals surface area contributed by atoms with Crippen molar-refractivity contribution in [2.75, 3.05) is 20.2 Å². The molecule has 1 saturated heterocycles. The van der Waals surface area contributed by atoms with Crippen LogP contribution in [0.5, 0.6) is 11.5 Å². The predicted octanol–water partition coefficient (Wildman–Crippen LogP) is 2.97. The summed E-state index contributed by atoms with van der Waals surface area (Å²) in [6, 6.07) is 6.50. The first-order valence-corrected chi connectivity index (χ1v) is 8.84. The van der Waals surface area contributed by atoms with Crippen molar-refractivity contribution >= 4 is 5.91 Å². The fourth-order valence-corrected chi connectivity index (χ4v) is 2.99. The Kier molecular flexibility index (Phi) is 6.91. The van der Waals surface area contributed by atoms with Crippen molar-refractivity contribution in [1.29, 1.82) is 0 Å². The highest BCUT2D eigenvalue weighted by Crippen LogP contribution is 2.30. The van der Waals surface area contributed by atoms with E-state index in [2.05, 4.69) is 36.2 Å². The number of likely N-dealkylation sites (tertiary alicyclic amines) is 1. The van der Waals surface area contributed by atoms with Crippen LogP contribution in [0.25, 0.3) is 0 Å². The van der Waals surface area contributed by atoms with E-state index in [9.17, 15) is 4.79 Å². The summed E-state index contributed by atoms with van der Waals surface area (Å²) < 4.78 is 11.4. The molecule has 1 N–H and O–H groups in total. The molecule has 1 unspecified atom stereocenters. The highest BCUT2D eigenvalue weighted by molar-refractivity contribution is 5.73. The Hall–Kier alpha value is -1.75. The molecule has 2 rings (SSSR count). The number of benzene rings is 1. The first-order chi connectivity index (χ1) is 11.5. The van der Waals surface area contributed by atoms with E-state index in [1.807, 2.05) is 6.07 Å². The van der Waals surface area contributed by atoms with E-state index in [4.69, 9.17) is 9.47 Å². The molecular weight excluding hydrogens is 304 g/mol. The Labute approximate surface area is 145 Å². The van der Waals surface area contributed by atoms with Gasteiger partial charge in [-0.1, -0.05) is 13.0 Å². The van der Waals surface area contributed by atoms with Gasteiger partial charge in [-0.15, -0.1) is 0 Å². The van der Waals surface area contributed by atoms with Crippen molar-refractivity contribution in [3.05, 3.63) is 23.8 Å². The molecule has 1 aromatic rings. The van der Waals surface area contributed by atoms with Gasteiger partial charge in [0, 0.05) is 32.6 Å². The van der Waals surface area contributed by atoms with E-state index in [1.54, 1.807) is 14.0 Å². The average molecular weight is 334 g/mol. The lowest BCUT2D eigenvalue weighted by molar-refractivity contribution is -0.119. The van der Waals surface area contributed by atoms with Gasteiger partial charge >= 0.3 is 0 Å². The number of ether oxygens (including phenoxy) is 2. The molecule has 0 bridgehead atoms. The lowest BCUT2D eigenvalue weighted by Gasteiger charge is -2.32. The fourth-order valence-electron chi connectivity index (χ4n) is 2.99. The average Bonchev–Trinajstić information content (AvgIpc) is 2.57. The monoisotopic (exact) mass is 334 g/mol. The molecule has 1 aliphatic rings. The number of rotatable bonds is 7. The molecule has 24 heavy (non-hydrogen) atoms. The maximum Gasteiger partial charge on any atom is 0.217 e. The minimum absolute atomic E-state index is 0.0649. The van der Waals surface area contributed by atoms with E-state index in [1.165, 1.54) is 5.56 Å². The second-order valence-electron chi connectivity index (χ2n) is 6.57. The number of methoxy groups -OCH3 is 1. The first-order valence-electron chi connectivity index (χ1n) is 8.84. The molecule has 1 atom stereocenters. The van der Waals surface area contributed by atoms with Gasteiger partial charge in [-0.25, -0.2) is 0 Å². The number of nitrogens with zero attached hydrogens (tertiary/aromatic N) is 1. The summed E-state index contributed by atoms with van der Waals surface area (Å²) in [5, 5.41) is 3.01. The molecule has 134 valence electrons. The smallest absolute Gasteiger partial charge is 0.217 e. The number of nitrogens with one attached hydrogen (secondary N) is 1. The van der Waals surface area contributed by atoms with Gasteiger partial charge in [-0.05, 0) is 43.9 Å². The van der Waals surface area contributed by atoms with Gasteiger partial charge in [0.2, 0.25) is 5.91 Å². The number of hydrogen-bond acceptors (Lipinski definition) is 4. The number of amides is 1. The molecule has 5 nitrogen and oxygen atoms in total. The van der Waals surface area contributed by atoms with Crippen molar-refractivity contribution in [2.45, 2.75) is 58.7 Å². The molecule has 0 aliphatic carbocycles. The Bertz CT molecular complexity index is 539. The van der Waals surface area contributed by atoms with Gasteiger partial charge in [0.15, 0.2) is 11.5 Å². The van der Waals surface area contributed by atoms with Crippen molar-refractivity contribution < 1.29 is 14.3 Å². The second-order valence-corrected chi connectivity index (χ2v) is 6.57. The van der Waals surface area contributed by atoms with Crippen LogP contribution in [0.3, 0.4) is 0 Å². The maximum absolute atomic E-state index is 11.1. The summed E-state index contributed by atoms with van der Waals surface area (Å²) in [5.74, 6) is 1.66. The molecule has 1 fully saturated rings. The summed E-state index contributed by atoms with van der Waals surface area (Å²) in [7, 11) is 1.68. The molecule has 0 saturated carbocycles. The molecular formula is C19H30N2O3. The quantitative estimate of drug-likeness (QED) is 0.833. The lowest BCUT2D eigenvalue weighted by Crippen LogP contribution is -2.43. The zero-order valence-corrected chi connectivity index (χ0v) is 15.3. The molecule has 5 heteroatoms. The third-order valence-corrected chi connectivity index (χ3v) is 4.53. The van der Waals surface area contributed by atoms with Crippen LogP contribution in [0, 0.1) is 0 Å². The van der Waals surface area contributed by atoms with Crippen molar-refractivity contribution in [3.8, 4) is 11.5 Å². The van der Waals surface area contributed by atoms with Crippen molar-refractivity contribution in [1.82, 2.24) is 10.2 Å². The molecule has 1 aromatic carbocycles. The zero-order chi connectivity index (χ0) is 17.5. The van der Waals surface area contributed by atoms with Gasteiger partial charge in [-0.3, -0.25) is 9.69 Å². The summed E-state index contributed by atoms with van der Waals surface area (Å²) in [5.41, 5.74) is 1.22. The largest absolute Gasteiger partial charge is 0.493 e. The highest BCUT2D eigenvalue weighted by Gasteiger charge is 2.20. The van der Waals surface area contributed by atoms with Gasteiger partial charge in [-0.2, -0.15) is 0 Å². The van der Waals surface area contributed by atoms with E-state index in [0.717, 1.165) is 50.4 Å². The predicted molar refractivity (Wildman–Crippen MR) is 95.5 cm³/mol. The molecule has 1 amide bonds. The Morgan fingerprint density at radius 2 is 2.04 bits per heavy atom. The zero-order valence-electron chi connectivity index (χ0n) is 15.3. The Morgan fingerprint density at radius 3 is 2.62 bits per heavy atom. The highest BCUT2D eigenvalue weighted by atomic mass is 16.5. The van der Waals surface area contributed by atoms with Crippen LogP contribution >= 0.6 is 0 Å². The number of piperidine rings is 1. The SMILES string of the molecule is CCC(C)Oc1ccc(CN2CCC(NC(C)=O)CC2)cc1OC. The van der Waals surface area contributed by atoms with Crippen LogP contribution in [-0.2, 0) is 11.3 Å². The molecule has 1 aliphatic heterocycles. The Morgan fingerprint density at radius 1 is 1.33 bits per heavy atom. The summed E-state index contributed by atoms with van der Waals surface area (Å²) in [4.78, 5) is 13.6. The van der Waals surface area contributed by atoms with Gasteiger partial charge in [0.05, 0.1) is 13.2 Å². The van der Waals surface area contributed by atoms with Crippen LogP contribution in [-0.4, -0.2) is 43.2 Å². The summed E-state index contributed by atoms with van der Waals surface area (Å²) in [6.07, 6.45) is 3.16. The van der Waals surface area contributed by atoms with Gasteiger partial charge in [0.25, 0.3) is 0 Å².